The molecule has 0 saturated heterocycles. The van der Waals surface area contributed by atoms with Crippen molar-refractivity contribution in [1.29, 1.82) is 0 Å². The molecule has 0 saturated carbocycles. The predicted molar refractivity (Wildman–Crippen MR) is 55.0 cm³/mol. The van der Waals surface area contributed by atoms with Crippen molar-refractivity contribution >= 4 is 0 Å². The van der Waals surface area contributed by atoms with Crippen LogP contribution in [0.3, 0.4) is 0 Å². The van der Waals surface area contributed by atoms with E-state index in [4.69, 9.17) is 0 Å². The lowest BCUT2D eigenvalue weighted by Crippen LogP contribution is -2.28. The first kappa shape index (κ1) is 8.55. The molecule has 5 heteroatoms. The van der Waals surface area contributed by atoms with Gasteiger partial charge in [-0.1, -0.05) is 0 Å². The molecule has 3 rings (SSSR count). The summed E-state index contributed by atoms with van der Waals surface area (Å²) in [7, 11) is 0. The second-order valence-electron chi connectivity index (χ2n) is 3.51. The van der Waals surface area contributed by atoms with Crippen LogP contribution in [0.15, 0.2) is 24.5 Å². The standard InChI is InChI=1S/C10H11N5/c1-2-8(6-11-3-1)10-14-13-9-7-12-4-5-15(9)10/h1-3,6,12H,4-5,7H2. The summed E-state index contributed by atoms with van der Waals surface area (Å²) in [5.41, 5.74) is 1.03. The first-order valence-electron chi connectivity index (χ1n) is 4.98. The molecule has 0 bridgehead atoms. The molecule has 0 aliphatic carbocycles. The van der Waals surface area contributed by atoms with Gasteiger partial charge in [-0.15, -0.1) is 10.2 Å². The van der Waals surface area contributed by atoms with E-state index in [1.807, 2.05) is 18.3 Å². The fraction of sp³-hybridized carbons (Fsp3) is 0.300. The third-order valence-electron chi connectivity index (χ3n) is 2.54. The number of aromatic nitrogens is 4. The van der Waals surface area contributed by atoms with Crippen LogP contribution in [0.2, 0.25) is 0 Å². The molecule has 0 aromatic carbocycles. The molecular formula is C10H11N5. The number of pyridine rings is 1. The van der Waals surface area contributed by atoms with Gasteiger partial charge in [0.1, 0.15) is 5.82 Å². The van der Waals surface area contributed by atoms with Gasteiger partial charge in [-0.25, -0.2) is 0 Å². The van der Waals surface area contributed by atoms with Crippen molar-refractivity contribution in [2.75, 3.05) is 6.54 Å². The number of rotatable bonds is 1. The summed E-state index contributed by atoms with van der Waals surface area (Å²) in [6, 6.07) is 3.92. The topological polar surface area (TPSA) is 55.6 Å². The van der Waals surface area contributed by atoms with Crippen LogP contribution in [0.4, 0.5) is 0 Å². The minimum Gasteiger partial charge on any atom is -0.309 e. The van der Waals surface area contributed by atoms with E-state index in [0.29, 0.717) is 0 Å². The van der Waals surface area contributed by atoms with Crippen molar-refractivity contribution in [3.63, 3.8) is 0 Å². The Kier molecular flexibility index (Phi) is 1.96. The summed E-state index contributed by atoms with van der Waals surface area (Å²) >= 11 is 0. The predicted octanol–water partition coefficient (Wildman–Crippen LogP) is 0.443. The molecule has 0 spiro atoms. The maximum Gasteiger partial charge on any atom is 0.165 e. The zero-order valence-corrected chi connectivity index (χ0v) is 8.22. The summed E-state index contributed by atoms with van der Waals surface area (Å²) in [6.07, 6.45) is 3.58. The van der Waals surface area contributed by atoms with Gasteiger partial charge in [-0.05, 0) is 12.1 Å². The molecule has 0 unspecified atom stereocenters. The van der Waals surface area contributed by atoms with Gasteiger partial charge in [0.15, 0.2) is 5.82 Å². The lowest BCUT2D eigenvalue weighted by atomic mass is 10.2. The van der Waals surface area contributed by atoms with E-state index in [0.717, 1.165) is 36.8 Å². The zero-order chi connectivity index (χ0) is 10.1. The van der Waals surface area contributed by atoms with Crippen LogP contribution in [-0.2, 0) is 13.1 Å². The van der Waals surface area contributed by atoms with Crippen molar-refractivity contribution in [3.05, 3.63) is 30.4 Å². The maximum absolute atomic E-state index is 4.20. The summed E-state index contributed by atoms with van der Waals surface area (Å²) < 4.78 is 2.15. The van der Waals surface area contributed by atoms with E-state index in [-0.39, 0.29) is 0 Å². The minimum absolute atomic E-state index is 0.799. The zero-order valence-electron chi connectivity index (χ0n) is 8.22. The van der Waals surface area contributed by atoms with E-state index in [9.17, 15) is 0 Å². The van der Waals surface area contributed by atoms with Gasteiger partial charge < -0.3 is 9.88 Å². The smallest absolute Gasteiger partial charge is 0.165 e. The Morgan fingerprint density at radius 1 is 1.33 bits per heavy atom. The molecule has 5 nitrogen and oxygen atoms in total. The molecule has 0 atom stereocenters. The van der Waals surface area contributed by atoms with Gasteiger partial charge in [-0.3, -0.25) is 4.98 Å². The summed E-state index contributed by atoms with van der Waals surface area (Å²) in [6.45, 7) is 2.69. The first-order chi connectivity index (χ1) is 7.45. The fourth-order valence-electron chi connectivity index (χ4n) is 1.80. The summed E-state index contributed by atoms with van der Waals surface area (Å²) in [5, 5.41) is 11.6. The highest BCUT2D eigenvalue weighted by Crippen LogP contribution is 2.17. The molecular weight excluding hydrogens is 190 g/mol. The average Bonchev–Trinajstić information content (AvgIpc) is 2.74. The van der Waals surface area contributed by atoms with Crippen molar-refractivity contribution in [1.82, 2.24) is 25.1 Å². The first-order valence-corrected chi connectivity index (χ1v) is 4.98. The lowest BCUT2D eigenvalue weighted by molar-refractivity contribution is 0.508. The molecule has 2 aromatic rings. The SMILES string of the molecule is c1cncc(-c2nnc3n2CCNC3)c1. The van der Waals surface area contributed by atoms with Crippen LogP contribution in [0.1, 0.15) is 5.82 Å². The van der Waals surface area contributed by atoms with E-state index in [1.54, 1.807) is 6.20 Å². The Hall–Kier alpha value is -1.75. The average molecular weight is 201 g/mol. The van der Waals surface area contributed by atoms with E-state index < -0.39 is 0 Å². The fourth-order valence-corrected chi connectivity index (χ4v) is 1.80. The lowest BCUT2D eigenvalue weighted by Gasteiger charge is -2.15. The Morgan fingerprint density at radius 2 is 2.33 bits per heavy atom. The largest absolute Gasteiger partial charge is 0.309 e. The molecule has 2 aromatic heterocycles. The molecule has 1 N–H and O–H groups in total. The monoisotopic (exact) mass is 201 g/mol. The molecule has 0 radical (unpaired) electrons. The minimum atomic E-state index is 0.799. The van der Waals surface area contributed by atoms with E-state index in [1.165, 1.54) is 0 Å². The van der Waals surface area contributed by atoms with Crippen LogP contribution >= 0.6 is 0 Å². The van der Waals surface area contributed by atoms with Crippen LogP contribution in [0.5, 0.6) is 0 Å². The Bertz CT molecular complexity index is 462. The number of nitrogens with zero attached hydrogens (tertiary/aromatic N) is 4. The van der Waals surface area contributed by atoms with Crippen molar-refractivity contribution in [2.24, 2.45) is 0 Å². The summed E-state index contributed by atoms with van der Waals surface area (Å²) in [4.78, 5) is 4.09. The molecule has 15 heavy (non-hydrogen) atoms. The number of hydrogen-bond donors (Lipinski definition) is 1. The second-order valence-corrected chi connectivity index (χ2v) is 3.51. The van der Waals surface area contributed by atoms with Gasteiger partial charge in [0.25, 0.3) is 0 Å². The van der Waals surface area contributed by atoms with Gasteiger partial charge in [-0.2, -0.15) is 0 Å². The van der Waals surface area contributed by atoms with Gasteiger partial charge in [0.2, 0.25) is 0 Å². The van der Waals surface area contributed by atoms with Crippen molar-refractivity contribution in [3.8, 4) is 11.4 Å². The van der Waals surface area contributed by atoms with Gasteiger partial charge in [0, 0.05) is 31.0 Å². The Morgan fingerprint density at radius 3 is 3.20 bits per heavy atom. The molecule has 1 aliphatic heterocycles. The maximum atomic E-state index is 4.20. The second kappa shape index (κ2) is 3.43. The highest BCUT2D eigenvalue weighted by atomic mass is 15.3. The molecule has 0 fully saturated rings. The normalized spacial score (nSPS) is 14.9. The number of hydrogen-bond acceptors (Lipinski definition) is 4. The molecule has 3 heterocycles. The van der Waals surface area contributed by atoms with Gasteiger partial charge >= 0.3 is 0 Å². The van der Waals surface area contributed by atoms with E-state index in [2.05, 4.69) is 25.1 Å². The van der Waals surface area contributed by atoms with Crippen LogP contribution in [-0.4, -0.2) is 26.3 Å². The quantitative estimate of drug-likeness (QED) is 0.727. The number of nitrogens with one attached hydrogen (secondary N) is 1. The Labute approximate surface area is 87.2 Å². The summed E-state index contributed by atoms with van der Waals surface area (Å²) in [5.74, 6) is 1.92. The Balaban J connectivity index is 2.09. The molecule has 76 valence electrons. The highest BCUT2D eigenvalue weighted by molar-refractivity contribution is 5.53. The highest BCUT2D eigenvalue weighted by Gasteiger charge is 2.16. The third kappa shape index (κ3) is 1.41. The van der Waals surface area contributed by atoms with Crippen LogP contribution < -0.4 is 5.32 Å². The van der Waals surface area contributed by atoms with Crippen molar-refractivity contribution in [2.45, 2.75) is 13.1 Å². The van der Waals surface area contributed by atoms with Crippen molar-refractivity contribution < 1.29 is 0 Å². The van der Waals surface area contributed by atoms with E-state index >= 15 is 0 Å². The molecule has 1 aliphatic rings. The van der Waals surface area contributed by atoms with Gasteiger partial charge in [0.05, 0.1) is 6.54 Å². The third-order valence-corrected chi connectivity index (χ3v) is 2.54. The number of fused-ring (bicyclic) bond motifs is 1. The molecule has 0 amide bonds. The van der Waals surface area contributed by atoms with Crippen LogP contribution in [0.25, 0.3) is 11.4 Å². The van der Waals surface area contributed by atoms with Crippen LogP contribution in [0, 0.1) is 0 Å².